The third kappa shape index (κ3) is 4.80. The predicted molar refractivity (Wildman–Crippen MR) is 120 cm³/mol. The number of methoxy groups -OCH3 is 1. The summed E-state index contributed by atoms with van der Waals surface area (Å²) in [5.74, 6) is -0.151. The highest BCUT2D eigenvalue weighted by molar-refractivity contribution is 7.93. The van der Waals surface area contributed by atoms with Crippen LogP contribution in [-0.4, -0.2) is 69.1 Å². The van der Waals surface area contributed by atoms with Gasteiger partial charge in [0.05, 0.1) is 11.5 Å². The van der Waals surface area contributed by atoms with Crippen LogP contribution in [0.15, 0.2) is 53.4 Å². The molecule has 0 radical (unpaired) electrons. The molecule has 2 N–H and O–H groups in total. The molecular formula is C23H30N2O6S. The molecule has 8 nitrogen and oxygen atoms in total. The van der Waals surface area contributed by atoms with Crippen LogP contribution in [0.4, 0.5) is 0 Å². The highest BCUT2D eigenvalue weighted by Gasteiger charge is 2.52. The molecule has 1 aliphatic heterocycles. The fourth-order valence-corrected chi connectivity index (χ4v) is 5.94. The Morgan fingerprint density at radius 3 is 2.09 bits per heavy atom. The van der Waals surface area contributed by atoms with E-state index in [9.17, 15) is 18.4 Å². The van der Waals surface area contributed by atoms with Gasteiger partial charge in [-0.2, -0.15) is 0 Å². The van der Waals surface area contributed by atoms with Gasteiger partial charge in [-0.15, -0.1) is 0 Å². The lowest BCUT2D eigenvalue weighted by Crippen LogP contribution is -2.57. The maximum Gasteiger partial charge on any atom is 0.265 e. The zero-order valence-electron chi connectivity index (χ0n) is 18.4. The molecule has 32 heavy (non-hydrogen) atoms. The minimum atomic E-state index is -4.02. The molecule has 9 heteroatoms. The highest BCUT2D eigenvalue weighted by atomic mass is 32.2. The van der Waals surface area contributed by atoms with E-state index in [0.29, 0.717) is 26.3 Å². The van der Waals surface area contributed by atoms with E-state index in [-0.39, 0.29) is 17.7 Å². The van der Waals surface area contributed by atoms with Gasteiger partial charge in [-0.05, 0) is 54.8 Å². The van der Waals surface area contributed by atoms with E-state index < -0.39 is 20.5 Å². The zero-order valence-corrected chi connectivity index (χ0v) is 19.2. The number of nitrogens with zero attached hydrogens (tertiary/aromatic N) is 1. The smallest absolute Gasteiger partial charge is 0.265 e. The first-order valence-electron chi connectivity index (χ1n) is 10.6. The molecule has 1 fully saturated rings. The molecular weight excluding hydrogens is 432 g/mol. The minimum absolute atomic E-state index is 0.0642. The molecule has 174 valence electrons. The van der Waals surface area contributed by atoms with Crippen molar-refractivity contribution in [3.63, 3.8) is 0 Å². The average molecular weight is 463 g/mol. The van der Waals surface area contributed by atoms with Crippen LogP contribution >= 0.6 is 0 Å². The molecule has 2 aromatic carbocycles. The molecule has 0 saturated carbocycles. The number of hydrogen-bond acceptors (Lipinski definition) is 7. The lowest BCUT2D eigenvalue weighted by atomic mass is 9.95. The van der Waals surface area contributed by atoms with Crippen LogP contribution in [-0.2, 0) is 19.4 Å². The molecule has 1 saturated heterocycles. The summed E-state index contributed by atoms with van der Waals surface area (Å²) in [6.45, 7) is 4.68. The monoisotopic (exact) mass is 462 g/mol. The van der Waals surface area contributed by atoms with Crippen molar-refractivity contribution in [1.82, 2.24) is 10.4 Å². The summed E-state index contributed by atoms with van der Waals surface area (Å²) in [4.78, 5) is 14.7. The lowest BCUT2D eigenvalue weighted by Gasteiger charge is -2.39. The van der Waals surface area contributed by atoms with Crippen LogP contribution in [0.3, 0.4) is 0 Å². The largest absolute Gasteiger partial charge is 0.491 e. The second-order valence-electron chi connectivity index (χ2n) is 7.76. The molecule has 0 aliphatic carbocycles. The maximum atomic E-state index is 13.5. The van der Waals surface area contributed by atoms with Crippen molar-refractivity contribution in [3.8, 4) is 16.9 Å². The number of carbonyl (C=O) groups excluding carboxylic acids is 1. The van der Waals surface area contributed by atoms with Crippen LogP contribution < -0.4 is 10.2 Å². The van der Waals surface area contributed by atoms with E-state index in [2.05, 4.69) is 4.90 Å². The Kier molecular flexibility index (Phi) is 7.89. The number of benzene rings is 2. The van der Waals surface area contributed by atoms with Gasteiger partial charge in [0.2, 0.25) is 0 Å². The van der Waals surface area contributed by atoms with Gasteiger partial charge < -0.3 is 14.4 Å². The van der Waals surface area contributed by atoms with Crippen molar-refractivity contribution in [3.05, 3.63) is 48.5 Å². The van der Waals surface area contributed by atoms with Gasteiger partial charge in [-0.1, -0.05) is 31.2 Å². The molecule has 0 unspecified atom stereocenters. The quantitative estimate of drug-likeness (QED) is 0.335. The zero-order chi connectivity index (χ0) is 23.2. The molecule has 1 amide bonds. The number of rotatable bonds is 9. The van der Waals surface area contributed by atoms with E-state index in [1.165, 1.54) is 12.1 Å². The van der Waals surface area contributed by atoms with Crippen LogP contribution in [0.5, 0.6) is 5.75 Å². The highest BCUT2D eigenvalue weighted by Crippen LogP contribution is 2.36. The summed E-state index contributed by atoms with van der Waals surface area (Å²) < 4.78 is 35.9. The molecule has 3 rings (SSSR count). The van der Waals surface area contributed by atoms with Crippen LogP contribution in [0.25, 0.3) is 11.1 Å². The first kappa shape index (κ1) is 24.2. The van der Waals surface area contributed by atoms with Gasteiger partial charge in [-0.25, -0.2) is 13.9 Å². The fourth-order valence-electron chi connectivity index (χ4n) is 3.99. The Bertz CT molecular complexity index is 998. The third-order valence-corrected chi connectivity index (χ3v) is 8.56. The Balaban J connectivity index is 1.82. The number of ether oxygens (including phenoxy) is 2. The van der Waals surface area contributed by atoms with Gasteiger partial charge in [0.25, 0.3) is 5.91 Å². The maximum absolute atomic E-state index is 13.5. The molecule has 2 aromatic rings. The Labute approximate surface area is 189 Å². The first-order chi connectivity index (χ1) is 15.4. The topological polar surface area (TPSA) is 105 Å². The summed E-state index contributed by atoms with van der Waals surface area (Å²) in [5.41, 5.74) is 3.34. The molecule has 1 heterocycles. The van der Waals surface area contributed by atoms with Gasteiger partial charge in [0.1, 0.15) is 12.4 Å². The van der Waals surface area contributed by atoms with Gasteiger partial charge in [0.15, 0.2) is 14.6 Å². The fraction of sp³-hybridized carbons (Fsp3) is 0.435. The number of amides is 1. The van der Waals surface area contributed by atoms with Crippen LogP contribution in [0, 0.1) is 0 Å². The number of likely N-dealkylation sites (tertiary alicyclic amines) is 1. The van der Waals surface area contributed by atoms with Crippen molar-refractivity contribution < 1.29 is 27.9 Å². The van der Waals surface area contributed by atoms with Crippen molar-refractivity contribution in [1.29, 1.82) is 0 Å². The number of carbonyl (C=O) groups is 1. The summed E-state index contributed by atoms with van der Waals surface area (Å²) >= 11 is 0. The normalized spacial score (nSPS) is 16.5. The second kappa shape index (κ2) is 10.4. The number of hydrogen-bond donors (Lipinski definition) is 2. The van der Waals surface area contributed by atoms with Crippen molar-refractivity contribution in [2.75, 3.05) is 40.0 Å². The summed E-state index contributed by atoms with van der Waals surface area (Å²) in [6.07, 6.45) is 0.254. The SMILES string of the molecule is CCN1CCC(C(=O)NO)(S(=O)(=O)c2ccc(-c3ccc(OCCOC)cc3)cc2)CC1. The summed E-state index contributed by atoms with van der Waals surface area (Å²) in [5, 5.41) is 9.27. The van der Waals surface area contributed by atoms with Crippen LogP contribution in [0.2, 0.25) is 0 Å². The minimum Gasteiger partial charge on any atom is -0.491 e. The molecule has 0 bridgehead atoms. The van der Waals surface area contributed by atoms with Gasteiger partial charge in [-0.3, -0.25) is 10.0 Å². The molecule has 0 spiro atoms. The van der Waals surface area contributed by atoms with Gasteiger partial charge >= 0.3 is 0 Å². The standard InChI is InChI=1S/C23H30N2O6S/c1-3-25-14-12-23(13-15-25,22(26)24-27)32(28,29)21-10-6-19(7-11-21)18-4-8-20(9-5-18)31-17-16-30-2/h4-11,27H,3,12-17H2,1-2H3,(H,24,26). The predicted octanol–water partition coefficient (Wildman–Crippen LogP) is 2.51. The van der Waals surface area contributed by atoms with E-state index in [4.69, 9.17) is 9.47 Å². The van der Waals surface area contributed by atoms with E-state index >= 15 is 0 Å². The number of piperidine rings is 1. The Morgan fingerprint density at radius 1 is 1.03 bits per heavy atom. The van der Waals surface area contributed by atoms with Crippen molar-refractivity contribution >= 4 is 15.7 Å². The lowest BCUT2D eigenvalue weighted by molar-refractivity contribution is -0.133. The second-order valence-corrected chi connectivity index (χ2v) is 10.0. The first-order valence-corrected chi connectivity index (χ1v) is 12.1. The van der Waals surface area contributed by atoms with Crippen molar-refractivity contribution in [2.24, 2.45) is 0 Å². The Morgan fingerprint density at radius 2 is 1.59 bits per heavy atom. The number of sulfone groups is 1. The van der Waals surface area contributed by atoms with E-state index in [1.807, 2.05) is 31.2 Å². The van der Waals surface area contributed by atoms with Crippen LogP contribution in [0.1, 0.15) is 19.8 Å². The molecule has 0 atom stereocenters. The summed E-state index contributed by atoms with van der Waals surface area (Å²) in [7, 11) is -2.40. The molecule has 0 aromatic heterocycles. The Hall–Kier alpha value is -2.46. The van der Waals surface area contributed by atoms with Crippen molar-refractivity contribution in [2.45, 2.75) is 29.4 Å². The third-order valence-electron chi connectivity index (χ3n) is 6.05. The summed E-state index contributed by atoms with van der Waals surface area (Å²) in [6, 6.07) is 14.0. The number of hydroxylamine groups is 1. The molecule has 1 aliphatic rings. The van der Waals surface area contributed by atoms with E-state index in [0.717, 1.165) is 23.4 Å². The average Bonchev–Trinajstić information content (AvgIpc) is 2.84. The number of nitrogens with one attached hydrogen (secondary N) is 1. The van der Waals surface area contributed by atoms with E-state index in [1.54, 1.807) is 24.7 Å². The van der Waals surface area contributed by atoms with Gasteiger partial charge in [0, 0.05) is 20.2 Å².